The fourth-order valence-electron chi connectivity index (χ4n) is 1.42. The normalized spacial score (nSPS) is 15.9. The van der Waals surface area contributed by atoms with Crippen LogP contribution in [0.25, 0.3) is 0 Å². The van der Waals surface area contributed by atoms with Gasteiger partial charge in [0.1, 0.15) is 0 Å². The summed E-state index contributed by atoms with van der Waals surface area (Å²) in [6.07, 6.45) is 4.67. The van der Waals surface area contributed by atoms with Crippen molar-refractivity contribution in [3.63, 3.8) is 0 Å². The third-order valence-electron chi connectivity index (χ3n) is 2.92. The Morgan fingerprint density at radius 3 is 2.47 bits per heavy atom. The molecule has 1 aromatic heterocycles. The number of nitrogens with one attached hydrogen (secondary N) is 1. The van der Waals surface area contributed by atoms with Crippen molar-refractivity contribution in [2.75, 3.05) is 6.54 Å². The van der Waals surface area contributed by atoms with Gasteiger partial charge in [-0.05, 0) is 34.1 Å². The molecule has 1 rings (SSSR count). The maximum absolute atomic E-state index is 9.85. The fourth-order valence-corrected chi connectivity index (χ4v) is 1.42. The van der Waals surface area contributed by atoms with Gasteiger partial charge in [0.05, 0.1) is 17.3 Å². The van der Waals surface area contributed by atoms with E-state index >= 15 is 0 Å². The van der Waals surface area contributed by atoms with E-state index in [0.29, 0.717) is 6.54 Å². The van der Waals surface area contributed by atoms with E-state index < -0.39 is 5.60 Å². The summed E-state index contributed by atoms with van der Waals surface area (Å²) in [4.78, 5) is 0. The molecule has 0 aromatic carbocycles. The lowest BCUT2D eigenvalue weighted by Crippen LogP contribution is -2.36. The smallest absolute Gasteiger partial charge is 0.0741 e. The maximum atomic E-state index is 9.85. The largest absolute Gasteiger partial charge is 0.389 e. The summed E-state index contributed by atoms with van der Waals surface area (Å²) in [7, 11) is 0. The molecule has 0 amide bonds. The third kappa shape index (κ3) is 4.48. The Bertz CT molecular complexity index is 350. The van der Waals surface area contributed by atoms with Crippen molar-refractivity contribution in [2.45, 2.75) is 58.7 Å². The molecule has 2 N–H and O–H groups in total. The molecule has 4 nitrogen and oxygen atoms in total. The molecule has 0 fully saturated rings. The molecule has 0 aliphatic heterocycles. The Morgan fingerprint density at radius 2 is 2.00 bits per heavy atom. The van der Waals surface area contributed by atoms with Crippen LogP contribution in [0.4, 0.5) is 0 Å². The van der Waals surface area contributed by atoms with Crippen LogP contribution in [0.2, 0.25) is 0 Å². The van der Waals surface area contributed by atoms with Crippen LogP contribution in [0, 0.1) is 0 Å². The van der Waals surface area contributed by atoms with Gasteiger partial charge in [0.25, 0.3) is 0 Å². The molecule has 1 atom stereocenters. The van der Waals surface area contributed by atoms with Crippen LogP contribution in [0.3, 0.4) is 0 Å². The van der Waals surface area contributed by atoms with E-state index in [2.05, 4.69) is 31.2 Å². The number of aromatic nitrogens is 2. The lowest BCUT2D eigenvalue weighted by atomic mass is 10.0. The summed E-state index contributed by atoms with van der Waals surface area (Å²) >= 11 is 0. The van der Waals surface area contributed by atoms with Crippen molar-refractivity contribution in [3.05, 3.63) is 18.0 Å². The maximum Gasteiger partial charge on any atom is 0.0741 e. The van der Waals surface area contributed by atoms with E-state index in [4.69, 9.17) is 0 Å². The second-order valence-corrected chi connectivity index (χ2v) is 5.92. The molecule has 1 aromatic rings. The Hall–Kier alpha value is -0.870. The minimum atomic E-state index is -0.625. The Balaban J connectivity index is 2.46. The molecule has 1 unspecified atom stereocenters. The Labute approximate surface area is 104 Å². The highest BCUT2D eigenvalue weighted by atomic mass is 16.3. The second-order valence-electron chi connectivity index (χ2n) is 5.92. The van der Waals surface area contributed by atoms with Gasteiger partial charge >= 0.3 is 0 Å². The van der Waals surface area contributed by atoms with Crippen LogP contribution < -0.4 is 5.32 Å². The second kappa shape index (κ2) is 5.19. The number of nitrogens with zero attached hydrogens (tertiary/aromatic N) is 2. The fraction of sp³-hybridized carbons (Fsp3) is 0.769. The molecule has 0 aliphatic rings. The molecular weight excluding hydrogens is 214 g/mol. The van der Waals surface area contributed by atoms with E-state index in [9.17, 15) is 5.11 Å². The topological polar surface area (TPSA) is 50.1 Å². The molecule has 4 heteroatoms. The quantitative estimate of drug-likeness (QED) is 0.825. The molecule has 0 aliphatic carbocycles. The lowest BCUT2D eigenvalue weighted by Gasteiger charge is -2.21. The third-order valence-corrected chi connectivity index (χ3v) is 2.92. The molecule has 1 heterocycles. The lowest BCUT2D eigenvalue weighted by molar-refractivity contribution is 0.0555. The summed E-state index contributed by atoms with van der Waals surface area (Å²) in [5.41, 5.74) is 0.541. The number of hydrogen-bond donors (Lipinski definition) is 2. The zero-order valence-electron chi connectivity index (χ0n) is 11.6. The van der Waals surface area contributed by atoms with E-state index in [1.807, 2.05) is 30.9 Å². The van der Waals surface area contributed by atoms with Gasteiger partial charge in [0, 0.05) is 24.8 Å². The van der Waals surface area contributed by atoms with Crippen molar-refractivity contribution >= 4 is 0 Å². The summed E-state index contributed by atoms with van der Waals surface area (Å²) in [6, 6.07) is 0. The van der Waals surface area contributed by atoms with Crippen molar-refractivity contribution < 1.29 is 5.11 Å². The first kappa shape index (κ1) is 14.2. The minimum Gasteiger partial charge on any atom is -0.389 e. The number of aliphatic hydroxyl groups is 1. The van der Waals surface area contributed by atoms with E-state index in [1.54, 1.807) is 0 Å². The van der Waals surface area contributed by atoms with Crippen molar-refractivity contribution in [1.29, 1.82) is 0 Å². The molecule has 0 bridgehead atoms. The summed E-state index contributed by atoms with van der Waals surface area (Å²) in [6.45, 7) is 11.5. The van der Waals surface area contributed by atoms with E-state index in [-0.39, 0.29) is 5.54 Å². The van der Waals surface area contributed by atoms with Crippen LogP contribution in [-0.4, -0.2) is 27.0 Å². The van der Waals surface area contributed by atoms with Crippen molar-refractivity contribution in [2.24, 2.45) is 0 Å². The minimum absolute atomic E-state index is 0.0210. The van der Waals surface area contributed by atoms with Crippen molar-refractivity contribution in [1.82, 2.24) is 15.1 Å². The number of hydrogen-bond acceptors (Lipinski definition) is 3. The first-order chi connectivity index (χ1) is 7.74. The average Bonchev–Trinajstić information content (AvgIpc) is 2.66. The standard InChI is InChI=1S/C13H25N3O/c1-6-13(5,17)10-14-7-11-8-15-16(9-11)12(2,3)4/h8-9,14,17H,6-7,10H2,1-5H3. The van der Waals surface area contributed by atoms with Crippen LogP contribution in [0.5, 0.6) is 0 Å². The SMILES string of the molecule is CCC(C)(O)CNCc1cnn(C(C)(C)C)c1. The van der Waals surface area contributed by atoms with Gasteiger partial charge in [-0.1, -0.05) is 6.92 Å². The molecule has 0 saturated carbocycles. The molecule has 17 heavy (non-hydrogen) atoms. The van der Waals surface area contributed by atoms with Crippen LogP contribution in [0.15, 0.2) is 12.4 Å². The van der Waals surface area contributed by atoms with E-state index in [1.165, 1.54) is 0 Å². The summed E-state index contributed by atoms with van der Waals surface area (Å²) in [5, 5.41) is 17.4. The van der Waals surface area contributed by atoms with Crippen LogP contribution in [-0.2, 0) is 12.1 Å². The van der Waals surface area contributed by atoms with Gasteiger partial charge in [0.15, 0.2) is 0 Å². The summed E-state index contributed by atoms with van der Waals surface area (Å²) in [5.74, 6) is 0. The van der Waals surface area contributed by atoms with Crippen LogP contribution in [0.1, 0.15) is 46.6 Å². The van der Waals surface area contributed by atoms with Gasteiger partial charge in [-0.2, -0.15) is 5.10 Å². The number of rotatable bonds is 5. The first-order valence-corrected chi connectivity index (χ1v) is 6.22. The highest BCUT2D eigenvalue weighted by Gasteiger charge is 2.17. The van der Waals surface area contributed by atoms with Gasteiger partial charge in [-0.3, -0.25) is 4.68 Å². The molecule has 0 spiro atoms. The summed E-state index contributed by atoms with van der Waals surface area (Å²) < 4.78 is 1.96. The molecular formula is C13H25N3O. The first-order valence-electron chi connectivity index (χ1n) is 6.22. The predicted molar refractivity (Wildman–Crippen MR) is 69.8 cm³/mol. The predicted octanol–water partition coefficient (Wildman–Crippen LogP) is 1.89. The Kier molecular flexibility index (Phi) is 4.33. The highest BCUT2D eigenvalue weighted by Crippen LogP contribution is 2.13. The monoisotopic (exact) mass is 239 g/mol. The van der Waals surface area contributed by atoms with Gasteiger partial charge in [-0.15, -0.1) is 0 Å². The van der Waals surface area contributed by atoms with Gasteiger partial charge in [0.2, 0.25) is 0 Å². The molecule has 0 radical (unpaired) electrons. The van der Waals surface area contributed by atoms with Crippen molar-refractivity contribution in [3.8, 4) is 0 Å². The van der Waals surface area contributed by atoms with E-state index in [0.717, 1.165) is 18.5 Å². The average molecular weight is 239 g/mol. The van der Waals surface area contributed by atoms with Gasteiger partial charge in [-0.25, -0.2) is 0 Å². The van der Waals surface area contributed by atoms with Crippen LogP contribution >= 0.6 is 0 Å². The highest BCUT2D eigenvalue weighted by molar-refractivity contribution is 5.05. The zero-order valence-corrected chi connectivity index (χ0v) is 11.6. The zero-order chi connectivity index (χ0) is 13.1. The molecule has 98 valence electrons. The van der Waals surface area contributed by atoms with Gasteiger partial charge < -0.3 is 10.4 Å². The molecule has 0 saturated heterocycles. The Morgan fingerprint density at radius 1 is 1.35 bits per heavy atom.